The molecule has 0 aliphatic carbocycles. The molecule has 0 bridgehead atoms. The van der Waals surface area contributed by atoms with Crippen molar-refractivity contribution >= 4 is 45.8 Å². The first-order valence-corrected chi connectivity index (χ1v) is 16.3. The number of halogens is 2. The van der Waals surface area contributed by atoms with Crippen LogP contribution in [-0.2, 0) is 4.79 Å². The van der Waals surface area contributed by atoms with E-state index in [9.17, 15) is 9.59 Å². The molecular weight excluding hydrogens is 579 g/mol. The fourth-order valence-electron chi connectivity index (χ4n) is 7.05. The number of carbonyl (C=O) groups is 2. The third kappa shape index (κ3) is 7.04. The zero-order valence-corrected chi connectivity index (χ0v) is 27.2. The second-order valence-electron chi connectivity index (χ2n) is 12.5. The van der Waals surface area contributed by atoms with Crippen LogP contribution in [0.2, 0.25) is 10.0 Å². The number of likely N-dealkylation sites (tertiary alicyclic amines) is 2. The average Bonchev–Trinajstić information content (AvgIpc) is 3.04. The van der Waals surface area contributed by atoms with Crippen LogP contribution in [0.3, 0.4) is 0 Å². The second-order valence-corrected chi connectivity index (χ2v) is 13.3. The molecule has 0 N–H and O–H groups in total. The molecule has 2 amide bonds. The van der Waals surface area contributed by atoms with E-state index >= 15 is 0 Å². The summed E-state index contributed by atoms with van der Waals surface area (Å²) in [6.45, 7) is 5.23. The van der Waals surface area contributed by atoms with Crippen molar-refractivity contribution < 1.29 is 9.59 Å². The Morgan fingerprint density at radius 2 is 1.56 bits per heavy atom. The SMILES string of the molecule is CN(C)C(=O)C1(N2CCCCC2)CCN(CCC(CN(C)C(=O)c2cccc3ccccc23)c2ccc(Cl)c(Cl)c2)CC1. The van der Waals surface area contributed by atoms with E-state index in [0.29, 0.717) is 22.2 Å². The average molecular weight is 624 g/mol. The summed E-state index contributed by atoms with van der Waals surface area (Å²) in [5, 5.41) is 3.07. The highest BCUT2D eigenvalue weighted by atomic mass is 35.5. The van der Waals surface area contributed by atoms with Crippen molar-refractivity contribution in [3.05, 3.63) is 81.8 Å². The van der Waals surface area contributed by atoms with Crippen molar-refractivity contribution in [2.24, 2.45) is 0 Å². The molecule has 230 valence electrons. The number of rotatable bonds is 9. The van der Waals surface area contributed by atoms with Gasteiger partial charge in [-0.25, -0.2) is 0 Å². The van der Waals surface area contributed by atoms with E-state index in [1.807, 2.05) is 86.7 Å². The van der Waals surface area contributed by atoms with Crippen molar-refractivity contribution in [1.29, 1.82) is 0 Å². The summed E-state index contributed by atoms with van der Waals surface area (Å²) in [6.07, 6.45) is 6.15. The molecule has 43 heavy (non-hydrogen) atoms. The summed E-state index contributed by atoms with van der Waals surface area (Å²) in [6, 6.07) is 19.7. The first-order valence-electron chi connectivity index (χ1n) is 15.6. The van der Waals surface area contributed by atoms with Gasteiger partial charge in [0.1, 0.15) is 5.54 Å². The van der Waals surface area contributed by atoms with Gasteiger partial charge in [-0.15, -0.1) is 0 Å². The van der Waals surface area contributed by atoms with Gasteiger partial charge in [-0.3, -0.25) is 14.5 Å². The predicted molar refractivity (Wildman–Crippen MR) is 177 cm³/mol. The molecule has 0 spiro atoms. The standard InChI is InChI=1S/C35H44Cl2N4O2/c1-38(2)34(43)35(41-19-7-4-8-20-41)17-22-40(23-18-35)21-16-28(27-14-15-31(36)32(37)24-27)25-39(3)33(42)30-13-9-11-26-10-5-6-12-29(26)30/h5-6,9-15,24,28H,4,7-8,16-23,25H2,1-3H3. The number of fused-ring (bicyclic) bond motifs is 1. The molecule has 5 rings (SSSR count). The van der Waals surface area contributed by atoms with Crippen molar-refractivity contribution in [1.82, 2.24) is 19.6 Å². The van der Waals surface area contributed by atoms with Crippen molar-refractivity contribution in [3.63, 3.8) is 0 Å². The monoisotopic (exact) mass is 622 g/mol. The summed E-state index contributed by atoms with van der Waals surface area (Å²) >= 11 is 12.7. The van der Waals surface area contributed by atoms with Gasteiger partial charge in [-0.05, 0) is 86.3 Å². The number of hydrogen-bond donors (Lipinski definition) is 0. The van der Waals surface area contributed by atoms with E-state index in [-0.39, 0.29) is 17.7 Å². The minimum absolute atomic E-state index is 0.00773. The molecule has 1 unspecified atom stereocenters. The Balaban J connectivity index is 1.30. The smallest absolute Gasteiger partial charge is 0.254 e. The lowest BCUT2D eigenvalue weighted by Crippen LogP contribution is -2.64. The van der Waals surface area contributed by atoms with Gasteiger partial charge >= 0.3 is 0 Å². The largest absolute Gasteiger partial charge is 0.347 e. The van der Waals surface area contributed by atoms with Gasteiger partial charge in [0.15, 0.2) is 0 Å². The van der Waals surface area contributed by atoms with E-state index in [4.69, 9.17) is 23.2 Å². The van der Waals surface area contributed by atoms with Gasteiger partial charge in [0.05, 0.1) is 10.0 Å². The normalized spacial score (nSPS) is 18.3. The fourth-order valence-corrected chi connectivity index (χ4v) is 7.36. The van der Waals surface area contributed by atoms with Crippen LogP contribution in [0.15, 0.2) is 60.7 Å². The maximum absolute atomic E-state index is 13.7. The Hall–Kier alpha value is -2.64. The van der Waals surface area contributed by atoms with Gasteiger partial charge in [0.2, 0.25) is 5.91 Å². The van der Waals surface area contributed by atoms with Crippen LogP contribution in [0.25, 0.3) is 10.8 Å². The van der Waals surface area contributed by atoms with Crippen molar-refractivity contribution in [3.8, 4) is 0 Å². The number of piperidine rings is 2. The number of hydrogen-bond acceptors (Lipinski definition) is 4. The number of likely N-dealkylation sites (N-methyl/N-ethyl adjacent to an activating group) is 2. The molecule has 2 saturated heterocycles. The quantitative estimate of drug-likeness (QED) is 0.263. The number of carbonyl (C=O) groups excluding carboxylic acids is 2. The molecule has 8 heteroatoms. The lowest BCUT2D eigenvalue weighted by atomic mass is 9.82. The number of amides is 2. The molecule has 1 atom stereocenters. The second kappa shape index (κ2) is 14.0. The van der Waals surface area contributed by atoms with Crippen molar-refractivity contribution in [2.75, 3.05) is 60.4 Å². The molecule has 6 nitrogen and oxygen atoms in total. The zero-order valence-electron chi connectivity index (χ0n) is 25.7. The lowest BCUT2D eigenvalue weighted by molar-refractivity contribution is -0.147. The maximum Gasteiger partial charge on any atom is 0.254 e. The summed E-state index contributed by atoms with van der Waals surface area (Å²) in [4.78, 5) is 35.8. The minimum atomic E-state index is -0.394. The van der Waals surface area contributed by atoms with E-state index < -0.39 is 5.54 Å². The van der Waals surface area contributed by atoms with Crippen LogP contribution in [0.5, 0.6) is 0 Å². The molecule has 2 heterocycles. The molecule has 2 aliphatic rings. The Kier molecular flexibility index (Phi) is 10.3. The Morgan fingerprint density at radius 3 is 2.26 bits per heavy atom. The molecule has 0 saturated carbocycles. The van der Waals surface area contributed by atoms with Crippen LogP contribution in [0.1, 0.15) is 60.4 Å². The van der Waals surface area contributed by atoms with Crippen LogP contribution in [0, 0.1) is 0 Å². The van der Waals surface area contributed by atoms with Gasteiger partial charge in [-0.1, -0.05) is 72.1 Å². The van der Waals surface area contributed by atoms with Crippen LogP contribution < -0.4 is 0 Å². The lowest BCUT2D eigenvalue weighted by Gasteiger charge is -2.50. The van der Waals surface area contributed by atoms with Crippen molar-refractivity contribution in [2.45, 2.75) is 50.0 Å². The Labute approximate surface area is 266 Å². The van der Waals surface area contributed by atoms with Gasteiger partial charge < -0.3 is 14.7 Å². The number of nitrogens with zero attached hydrogens (tertiary/aromatic N) is 4. The molecule has 0 aromatic heterocycles. The van der Waals surface area contributed by atoms with E-state index in [1.54, 1.807) is 4.90 Å². The molecular formula is C35H44Cl2N4O2. The fraction of sp³-hybridized carbons (Fsp3) is 0.486. The Morgan fingerprint density at radius 1 is 0.860 bits per heavy atom. The molecule has 0 radical (unpaired) electrons. The topological polar surface area (TPSA) is 47.1 Å². The summed E-state index contributed by atoms with van der Waals surface area (Å²) in [7, 11) is 5.66. The Bertz CT molecular complexity index is 1430. The molecule has 2 fully saturated rings. The maximum atomic E-state index is 13.7. The van der Waals surface area contributed by atoms with Crippen LogP contribution in [-0.4, -0.2) is 97.4 Å². The van der Waals surface area contributed by atoms with Gasteiger partial charge in [0.25, 0.3) is 5.91 Å². The minimum Gasteiger partial charge on any atom is -0.347 e. The summed E-state index contributed by atoms with van der Waals surface area (Å²) in [5.74, 6) is 0.334. The summed E-state index contributed by atoms with van der Waals surface area (Å²) < 4.78 is 0. The summed E-state index contributed by atoms with van der Waals surface area (Å²) in [5.41, 5.74) is 1.40. The van der Waals surface area contributed by atoms with E-state index in [2.05, 4.69) is 9.80 Å². The predicted octanol–water partition coefficient (Wildman–Crippen LogP) is 6.80. The highest BCUT2D eigenvalue weighted by Gasteiger charge is 2.47. The zero-order chi connectivity index (χ0) is 30.6. The highest BCUT2D eigenvalue weighted by Crippen LogP contribution is 2.35. The molecule has 2 aliphatic heterocycles. The third-order valence-electron chi connectivity index (χ3n) is 9.52. The van der Waals surface area contributed by atoms with Gasteiger partial charge in [0, 0.05) is 52.3 Å². The molecule has 3 aromatic carbocycles. The van der Waals surface area contributed by atoms with Crippen LogP contribution >= 0.6 is 23.2 Å². The van der Waals surface area contributed by atoms with E-state index in [1.165, 1.54) is 19.3 Å². The molecule has 3 aromatic rings. The van der Waals surface area contributed by atoms with Gasteiger partial charge in [-0.2, -0.15) is 0 Å². The van der Waals surface area contributed by atoms with Crippen LogP contribution in [0.4, 0.5) is 0 Å². The highest BCUT2D eigenvalue weighted by molar-refractivity contribution is 6.42. The number of benzene rings is 3. The third-order valence-corrected chi connectivity index (χ3v) is 10.3. The first-order chi connectivity index (χ1) is 20.7. The first kappa shape index (κ1) is 31.8. The van der Waals surface area contributed by atoms with E-state index in [0.717, 1.165) is 68.3 Å².